The summed E-state index contributed by atoms with van der Waals surface area (Å²) in [4.78, 5) is 0. The van der Waals surface area contributed by atoms with E-state index in [-0.39, 0.29) is 6.10 Å². The molecule has 1 rings (SSSR count). The zero-order chi connectivity index (χ0) is 8.10. The zero-order valence-corrected chi connectivity index (χ0v) is 7.75. The molecule has 2 nitrogen and oxygen atoms in total. The second-order valence-corrected chi connectivity index (χ2v) is 3.12. The number of alkyl halides is 1. The number of ether oxygens (including phenoxy) is 1. The highest BCUT2D eigenvalue weighted by atomic mass is 79.9. The van der Waals surface area contributed by atoms with E-state index in [1.807, 2.05) is 6.08 Å². The van der Waals surface area contributed by atoms with Crippen molar-refractivity contribution in [3.63, 3.8) is 0 Å². The van der Waals surface area contributed by atoms with Crippen LogP contribution in [0.4, 0.5) is 0 Å². The van der Waals surface area contributed by atoms with Gasteiger partial charge in [-0.25, -0.2) is 0 Å². The van der Waals surface area contributed by atoms with E-state index in [4.69, 9.17) is 9.84 Å². The van der Waals surface area contributed by atoms with Crippen molar-refractivity contribution < 1.29 is 9.84 Å². The van der Waals surface area contributed by atoms with Gasteiger partial charge in [-0.2, -0.15) is 0 Å². The molecule has 1 atom stereocenters. The maximum atomic E-state index is 9.06. The quantitative estimate of drug-likeness (QED) is 0.737. The normalized spacial score (nSPS) is 23.4. The first-order valence-corrected chi connectivity index (χ1v) is 4.70. The van der Waals surface area contributed by atoms with Gasteiger partial charge in [-0.05, 0) is 18.6 Å². The first-order chi connectivity index (χ1) is 5.33. The number of aliphatic hydroxyl groups excluding tert-OH is 1. The van der Waals surface area contributed by atoms with Crippen LogP contribution in [-0.2, 0) is 4.74 Å². The molecule has 1 aliphatic carbocycles. The van der Waals surface area contributed by atoms with E-state index < -0.39 is 0 Å². The van der Waals surface area contributed by atoms with Crippen molar-refractivity contribution in [2.45, 2.75) is 12.5 Å². The minimum absolute atomic E-state index is 0.0533. The molecule has 1 N–H and O–H groups in total. The molecule has 0 saturated heterocycles. The van der Waals surface area contributed by atoms with Crippen LogP contribution in [0.5, 0.6) is 0 Å². The van der Waals surface area contributed by atoms with Crippen LogP contribution in [0.15, 0.2) is 24.0 Å². The van der Waals surface area contributed by atoms with Gasteiger partial charge in [-0.1, -0.05) is 22.0 Å². The lowest BCUT2D eigenvalue weighted by atomic mass is 10.1. The SMILES string of the molecule is OC1=CC(OCCBr)CC=C1. The highest BCUT2D eigenvalue weighted by molar-refractivity contribution is 9.09. The van der Waals surface area contributed by atoms with Crippen LogP contribution >= 0.6 is 15.9 Å². The zero-order valence-electron chi connectivity index (χ0n) is 6.16. The third-order valence-electron chi connectivity index (χ3n) is 1.42. The molecule has 1 unspecified atom stereocenters. The Balaban J connectivity index is 2.31. The molecule has 0 aliphatic heterocycles. The molecule has 62 valence electrons. The Hall–Kier alpha value is -0.280. The van der Waals surface area contributed by atoms with Crippen LogP contribution in [0.3, 0.4) is 0 Å². The van der Waals surface area contributed by atoms with Crippen molar-refractivity contribution in [2.24, 2.45) is 0 Å². The van der Waals surface area contributed by atoms with Crippen LogP contribution in [0, 0.1) is 0 Å². The van der Waals surface area contributed by atoms with Crippen LogP contribution in [0.2, 0.25) is 0 Å². The topological polar surface area (TPSA) is 29.5 Å². The Bertz CT molecular complexity index is 175. The second kappa shape index (κ2) is 4.57. The van der Waals surface area contributed by atoms with Gasteiger partial charge in [0.25, 0.3) is 0 Å². The van der Waals surface area contributed by atoms with Crippen LogP contribution in [0.25, 0.3) is 0 Å². The van der Waals surface area contributed by atoms with Gasteiger partial charge in [-0.15, -0.1) is 0 Å². The van der Waals surface area contributed by atoms with Crippen molar-refractivity contribution in [1.82, 2.24) is 0 Å². The molecule has 0 saturated carbocycles. The lowest BCUT2D eigenvalue weighted by molar-refractivity contribution is 0.0976. The number of aliphatic hydroxyl groups is 1. The molecular weight excluding hydrogens is 208 g/mol. The maximum Gasteiger partial charge on any atom is 0.113 e. The predicted molar refractivity (Wildman–Crippen MR) is 48.0 cm³/mol. The molecule has 0 bridgehead atoms. The molecule has 0 aromatic carbocycles. The Morgan fingerprint density at radius 1 is 1.73 bits per heavy atom. The van der Waals surface area contributed by atoms with E-state index in [0.717, 1.165) is 11.8 Å². The third-order valence-corrected chi connectivity index (χ3v) is 1.75. The summed E-state index contributed by atoms with van der Waals surface area (Å²) >= 11 is 3.27. The summed E-state index contributed by atoms with van der Waals surface area (Å²) in [5.41, 5.74) is 0. The predicted octanol–water partition coefficient (Wildman–Crippen LogP) is 2.17. The summed E-state index contributed by atoms with van der Waals surface area (Å²) < 4.78 is 5.37. The van der Waals surface area contributed by atoms with Crippen LogP contribution in [0.1, 0.15) is 6.42 Å². The fourth-order valence-corrected chi connectivity index (χ4v) is 1.14. The maximum absolute atomic E-state index is 9.06. The largest absolute Gasteiger partial charge is 0.508 e. The molecule has 0 aromatic rings. The van der Waals surface area contributed by atoms with E-state index in [1.54, 1.807) is 12.2 Å². The summed E-state index contributed by atoms with van der Waals surface area (Å²) in [6.45, 7) is 0.683. The second-order valence-electron chi connectivity index (χ2n) is 2.33. The van der Waals surface area contributed by atoms with Gasteiger partial charge in [0, 0.05) is 5.33 Å². The van der Waals surface area contributed by atoms with E-state index in [2.05, 4.69) is 15.9 Å². The highest BCUT2D eigenvalue weighted by Crippen LogP contribution is 2.11. The van der Waals surface area contributed by atoms with Crippen molar-refractivity contribution >= 4 is 15.9 Å². The monoisotopic (exact) mass is 218 g/mol. The summed E-state index contributed by atoms with van der Waals surface area (Å²) in [7, 11) is 0. The minimum atomic E-state index is 0.0533. The molecular formula is C8H11BrO2. The van der Waals surface area contributed by atoms with Crippen molar-refractivity contribution in [3.05, 3.63) is 24.0 Å². The molecule has 0 radical (unpaired) electrons. The van der Waals surface area contributed by atoms with E-state index in [0.29, 0.717) is 12.4 Å². The van der Waals surface area contributed by atoms with Crippen molar-refractivity contribution in [2.75, 3.05) is 11.9 Å². The first kappa shape index (κ1) is 8.81. The summed E-state index contributed by atoms with van der Waals surface area (Å²) in [5, 5.41) is 9.90. The number of hydrogen-bond donors (Lipinski definition) is 1. The Morgan fingerprint density at radius 2 is 2.55 bits per heavy atom. The average Bonchev–Trinajstić information content (AvgIpc) is 2.01. The van der Waals surface area contributed by atoms with Crippen LogP contribution in [-0.4, -0.2) is 23.1 Å². The number of allylic oxidation sites excluding steroid dienone is 1. The number of hydrogen-bond acceptors (Lipinski definition) is 2. The van der Waals surface area contributed by atoms with Gasteiger partial charge >= 0.3 is 0 Å². The van der Waals surface area contributed by atoms with Gasteiger partial charge in [0.15, 0.2) is 0 Å². The summed E-state index contributed by atoms with van der Waals surface area (Å²) in [5.74, 6) is 0.302. The number of rotatable bonds is 3. The lowest BCUT2D eigenvalue weighted by Gasteiger charge is -2.14. The van der Waals surface area contributed by atoms with Gasteiger partial charge in [0.1, 0.15) is 5.76 Å². The minimum Gasteiger partial charge on any atom is -0.508 e. The molecule has 1 aliphatic rings. The number of halogens is 1. The van der Waals surface area contributed by atoms with E-state index >= 15 is 0 Å². The molecule has 0 heterocycles. The smallest absolute Gasteiger partial charge is 0.113 e. The lowest BCUT2D eigenvalue weighted by Crippen LogP contribution is -2.13. The third kappa shape index (κ3) is 3.08. The average molecular weight is 219 g/mol. The molecule has 0 aromatic heterocycles. The molecule has 3 heteroatoms. The van der Waals surface area contributed by atoms with E-state index in [1.165, 1.54) is 0 Å². The van der Waals surface area contributed by atoms with Crippen LogP contribution < -0.4 is 0 Å². The van der Waals surface area contributed by atoms with Gasteiger partial charge in [0.2, 0.25) is 0 Å². The Labute approximate surface area is 74.7 Å². The fraction of sp³-hybridized carbons (Fsp3) is 0.500. The Morgan fingerprint density at radius 3 is 3.18 bits per heavy atom. The van der Waals surface area contributed by atoms with Crippen molar-refractivity contribution in [3.8, 4) is 0 Å². The highest BCUT2D eigenvalue weighted by Gasteiger charge is 2.07. The first-order valence-electron chi connectivity index (χ1n) is 3.58. The molecule has 0 amide bonds. The fourth-order valence-electron chi connectivity index (χ4n) is 0.949. The summed E-state index contributed by atoms with van der Waals surface area (Å²) in [6.07, 6.45) is 6.24. The van der Waals surface area contributed by atoms with Gasteiger partial charge in [-0.3, -0.25) is 0 Å². The van der Waals surface area contributed by atoms with Gasteiger partial charge in [0.05, 0.1) is 12.7 Å². The standard InChI is InChI=1S/C8H11BrO2/c9-4-5-11-8-3-1-2-7(10)6-8/h1-2,6,8,10H,3-5H2. The Kier molecular flexibility index (Phi) is 3.66. The molecule has 0 spiro atoms. The van der Waals surface area contributed by atoms with Crippen molar-refractivity contribution in [1.29, 1.82) is 0 Å². The molecule has 11 heavy (non-hydrogen) atoms. The molecule has 0 fully saturated rings. The summed E-state index contributed by atoms with van der Waals surface area (Å²) in [6, 6.07) is 0. The van der Waals surface area contributed by atoms with E-state index in [9.17, 15) is 0 Å². The van der Waals surface area contributed by atoms with Gasteiger partial charge < -0.3 is 9.84 Å².